The van der Waals surface area contributed by atoms with Crippen LogP contribution in [0.25, 0.3) is 82.8 Å². The highest BCUT2D eigenvalue weighted by Crippen LogP contribution is 2.55. The van der Waals surface area contributed by atoms with Gasteiger partial charge in [0.25, 0.3) is 0 Å². The van der Waals surface area contributed by atoms with Gasteiger partial charge in [-0.2, -0.15) is 0 Å². The largest absolute Gasteiger partial charge is 0.0836 e. The van der Waals surface area contributed by atoms with Crippen LogP contribution in [0.1, 0.15) is 87.8 Å². The molecular weight excluding hydrogens is 709 g/mol. The van der Waals surface area contributed by atoms with E-state index in [2.05, 4.69) is 199 Å². The van der Waals surface area contributed by atoms with Gasteiger partial charge < -0.3 is 0 Å². The van der Waals surface area contributed by atoms with E-state index in [1.165, 1.54) is 116 Å². The fourth-order valence-electron chi connectivity index (χ4n) is 11.9. The molecule has 0 amide bonds. The molecule has 0 spiro atoms. The molecule has 0 radical (unpaired) electrons. The van der Waals surface area contributed by atoms with Gasteiger partial charge in [-0.15, -0.1) is 0 Å². The van der Waals surface area contributed by atoms with E-state index in [4.69, 9.17) is 0 Å². The molecule has 12 rings (SSSR count). The fraction of sp³-hybridized carbons (Fsp3) is 0.186. The van der Waals surface area contributed by atoms with Crippen molar-refractivity contribution in [1.82, 2.24) is 0 Å². The van der Waals surface area contributed by atoms with E-state index < -0.39 is 0 Å². The van der Waals surface area contributed by atoms with E-state index in [1.807, 2.05) is 0 Å². The highest BCUT2D eigenvalue weighted by Gasteiger charge is 2.39. The number of rotatable bonds is 3. The average molecular weight is 757 g/mol. The summed E-state index contributed by atoms with van der Waals surface area (Å²) in [5.41, 5.74) is 24.5. The van der Waals surface area contributed by atoms with Gasteiger partial charge in [-0.05, 0) is 153 Å². The number of allylic oxidation sites excluding steroid dienone is 4. The first-order valence-electron chi connectivity index (χ1n) is 21.6. The van der Waals surface area contributed by atoms with Gasteiger partial charge in [-0.25, -0.2) is 0 Å². The summed E-state index contributed by atoms with van der Waals surface area (Å²) < 4.78 is 0. The standard InChI is InChI=1S/C59H48/c1-57(2)49-20-12-9-15-39(49)42-27-23-36(32-52(42)57)35-24-30-47-48(31-35)56(38-26-29-44-41-17-11-14-22-51(41)59(5,6)54(44)34-38)46-19-8-7-18-45(46)55(47)37-25-28-43-40-16-10-13-21-50(40)58(3,4)53(43)33-37/h7-13,15-21,23-34H,14,22H2,1-6H3. The lowest BCUT2D eigenvalue weighted by Gasteiger charge is -2.26. The van der Waals surface area contributed by atoms with E-state index in [-0.39, 0.29) is 16.2 Å². The minimum absolute atomic E-state index is 0.00819. The Hall–Kier alpha value is -6.24. The minimum Gasteiger partial charge on any atom is -0.0836 e. The van der Waals surface area contributed by atoms with Gasteiger partial charge in [0, 0.05) is 16.2 Å². The lowest BCUT2D eigenvalue weighted by Crippen LogP contribution is -2.17. The summed E-state index contributed by atoms with van der Waals surface area (Å²) in [5.74, 6) is 0. The Morgan fingerprint density at radius 1 is 0.356 bits per heavy atom. The quantitative estimate of drug-likeness (QED) is 0.158. The number of hydrogen-bond acceptors (Lipinski definition) is 0. The second-order valence-corrected chi connectivity index (χ2v) is 19.1. The normalized spacial score (nSPS) is 17.1. The molecule has 0 aromatic heterocycles. The molecule has 0 fully saturated rings. The van der Waals surface area contributed by atoms with E-state index in [0.29, 0.717) is 0 Å². The van der Waals surface area contributed by atoms with E-state index >= 15 is 0 Å². The van der Waals surface area contributed by atoms with E-state index in [1.54, 1.807) is 5.57 Å². The number of benzene rings is 8. The number of hydrogen-bond donors (Lipinski definition) is 0. The molecule has 0 N–H and O–H groups in total. The summed E-state index contributed by atoms with van der Waals surface area (Å²) in [6.45, 7) is 14.4. The van der Waals surface area contributed by atoms with Crippen molar-refractivity contribution < 1.29 is 0 Å². The van der Waals surface area contributed by atoms with Crippen molar-refractivity contribution in [3.8, 4) is 55.6 Å². The van der Waals surface area contributed by atoms with Crippen LogP contribution in [-0.2, 0) is 16.2 Å². The van der Waals surface area contributed by atoms with Gasteiger partial charge >= 0.3 is 0 Å². The molecule has 0 nitrogen and oxygen atoms in total. The van der Waals surface area contributed by atoms with Crippen LogP contribution >= 0.6 is 0 Å². The maximum absolute atomic E-state index is 2.54. The lowest BCUT2D eigenvalue weighted by molar-refractivity contribution is 0.607. The van der Waals surface area contributed by atoms with E-state index in [0.717, 1.165) is 12.8 Å². The summed E-state index contributed by atoms with van der Waals surface area (Å²) in [6.07, 6.45) is 7.00. The Balaban J connectivity index is 1.12. The zero-order chi connectivity index (χ0) is 40.0. The minimum atomic E-state index is -0.0821. The predicted molar refractivity (Wildman–Crippen MR) is 251 cm³/mol. The second-order valence-electron chi connectivity index (χ2n) is 19.1. The maximum Gasteiger partial charge on any atom is 0.0159 e. The first-order valence-corrected chi connectivity index (χ1v) is 21.6. The van der Waals surface area contributed by atoms with Crippen molar-refractivity contribution in [2.75, 3.05) is 0 Å². The zero-order valence-electron chi connectivity index (χ0n) is 34.9. The molecule has 8 aromatic carbocycles. The molecule has 0 unspecified atom stereocenters. The molecule has 0 heteroatoms. The molecule has 59 heavy (non-hydrogen) atoms. The fourth-order valence-corrected chi connectivity index (χ4v) is 11.9. The van der Waals surface area contributed by atoms with Crippen LogP contribution in [0.3, 0.4) is 0 Å². The van der Waals surface area contributed by atoms with Crippen molar-refractivity contribution in [1.29, 1.82) is 0 Å². The first-order chi connectivity index (χ1) is 28.5. The van der Waals surface area contributed by atoms with Gasteiger partial charge in [0.1, 0.15) is 0 Å². The zero-order valence-corrected chi connectivity index (χ0v) is 34.9. The highest BCUT2D eigenvalue weighted by atomic mass is 14.4. The van der Waals surface area contributed by atoms with Crippen LogP contribution < -0.4 is 0 Å². The van der Waals surface area contributed by atoms with Crippen LogP contribution in [0, 0.1) is 0 Å². The third kappa shape index (κ3) is 4.66. The van der Waals surface area contributed by atoms with Gasteiger partial charge in [-0.1, -0.05) is 181 Å². The first kappa shape index (κ1) is 34.8. The van der Waals surface area contributed by atoms with Crippen LogP contribution in [0.2, 0.25) is 0 Å². The van der Waals surface area contributed by atoms with E-state index in [9.17, 15) is 0 Å². The SMILES string of the molecule is CC1(C)C2=C(C=CCC2)c2ccc(-c3c4ccccc4c(-c4ccc5c(c4)C(C)(C)c4ccccc4-5)c4ccc(-c5ccc6c(c5)C(C)(C)c5ccccc5-6)cc34)cc21. The number of fused-ring (bicyclic) bond motifs is 10. The second kappa shape index (κ2) is 11.9. The van der Waals surface area contributed by atoms with Crippen molar-refractivity contribution in [3.63, 3.8) is 0 Å². The molecule has 4 aliphatic carbocycles. The van der Waals surface area contributed by atoms with Crippen molar-refractivity contribution in [3.05, 3.63) is 197 Å². The summed E-state index contributed by atoms with van der Waals surface area (Å²) in [5, 5.41) is 5.20. The van der Waals surface area contributed by atoms with Crippen LogP contribution in [0.15, 0.2) is 163 Å². The molecule has 0 heterocycles. The summed E-state index contributed by atoms with van der Waals surface area (Å²) in [6, 6.07) is 56.3. The van der Waals surface area contributed by atoms with Gasteiger partial charge in [0.15, 0.2) is 0 Å². The monoisotopic (exact) mass is 756 g/mol. The Morgan fingerprint density at radius 3 is 1.42 bits per heavy atom. The third-order valence-electron chi connectivity index (χ3n) is 15.0. The summed E-state index contributed by atoms with van der Waals surface area (Å²) in [7, 11) is 0. The molecule has 0 bridgehead atoms. The van der Waals surface area contributed by atoms with Crippen molar-refractivity contribution >= 4 is 27.1 Å². The van der Waals surface area contributed by atoms with Crippen LogP contribution in [0.4, 0.5) is 0 Å². The van der Waals surface area contributed by atoms with Gasteiger partial charge in [0.05, 0.1) is 0 Å². The molecule has 4 aliphatic rings. The Labute approximate surface area is 348 Å². The molecule has 8 aromatic rings. The summed E-state index contributed by atoms with van der Waals surface area (Å²) >= 11 is 0. The molecule has 0 atom stereocenters. The van der Waals surface area contributed by atoms with Gasteiger partial charge in [-0.3, -0.25) is 0 Å². The van der Waals surface area contributed by atoms with Crippen LogP contribution in [0.5, 0.6) is 0 Å². The smallest absolute Gasteiger partial charge is 0.0159 e. The molecule has 284 valence electrons. The summed E-state index contributed by atoms with van der Waals surface area (Å²) in [4.78, 5) is 0. The van der Waals surface area contributed by atoms with Crippen molar-refractivity contribution in [2.45, 2.75) is 70.6 Å². The Bertz CT molecular complexity index is 3230. The Kier molecular flexibility index (Phi) is 7.03. The topological polar surface area (TPSA) is 0 Å². The highest BCUT2D eigenvalue weighted by molar-refractivity contribution is 6.22. The van der Waals surface area contributed by atoms with Crippen molar-refractivity contribution in [2.24, 2.45) is 0 Å². The van der Waals surface area contributed by atoms with Crippen LogP contribution in [-0.4, -0.2) is 0 Å². The molecule has 0 saturated carbocycles. The maximum atomic E-state index is 2.54. The van der Waals surface area contributed by atoms with Gasteiger partial charge in [0.2, 0.25) is 0 Å². The molecule has 0 saturated heterocycles. The molecular formula is C59H48. The third-order valence-corrected chi connectivity index (χ3v) is 15.0. The molecule has 0 aliphatic heterocycles. The average Bonchev–Trinajstić information content (AvgIpc) is 3.74. The predicted octanol–water partition coefficient (Wildman–Crippen LogP) is 16.0. The lowest BCUT2D eigenvalue weighted by atomic mass is 9.77. The Morgan fingerprint density at radius 2 is 0.797 bits per heavy atom.